The summed E-state index contributed by atoms with van der Waals surface area (Å²) in [5.41, 5.74) is 0.832. The summed E-state index contributed by atoms with van der Waals surface area (Å²) < 4.78 is 41.1. The molecule has 0 aromatic heterocycles. The minimum absolute atomic E-state index is 0.0757. The molecule has 126 valence electrons. The number of nitrogens with one attached hydrogen (secondary N) is 1. The maximum atomic E-state index is 14.1. The zero-order valence-corrected chi connectivity index (χ0v) is 13.0. The largest absolute Gasteiger partial charge is 0.333 e. The van der Waals surface area contributed by atoms with E-state index in [1.807, 2.05) is 0 Å². The summed E-state index contributed by atoms with van der Waals surface area (Å²) in [7, 11) is 0. The molecular formula is C17H21F3N2O. The number of benzene rings is 1. The molecule has 6 heteroatoms. The predicted molar refractivity (Wildman–Crippen MR) is 81.3 cm³/mol. The molecule has 1 N–H and O–H groups in total. The second-order valence-electron chi connectivity index (χ2n) is 6.45. The van der Waals surface area contributed by atoms with Crippen molar-refractivity contribution in [3.8, 4) is 0 Å². The molecule has 0 spiro atoms. The van der Waals surface area contributed by atoms with E-state index in [1.54, 1.807) is 6.07 Å². The molecule has 0 saturated carbocycles. The molecule has 2 heterocycles. The standard InChI is InChI=1S/C17H21F3N2O/c18-15-3-2-13(10-14(15)12-4-7-21-8-5-12)16(23)22-9-1-6-17(19,20)11-22/h2-3,10,12,21H,1,4-9,11H2. The van der Waals surface area contributed by atoms with Crippen LogP contribution in [-0.2, 0) is 0 Å². The highest BCUT2D eigenvalue weighted by Gasteiger charge is 2.37. The van der Waals surface area contributed by atoms with Gasteiger partial charge < -0.3 is 10.2 Å². The monoisotopic (exact) mass is 326 g/mol. The summed E-state index contributed by atoms with van der Waals surface area (Å²) in [6.45, 7) is 1.42. The first kappa shape index (κ1) is 16.3. The van der Waals surface area contributed by atoms with Crippen molar-refractivity contribution in [3.05, 3.63) is 35.1 Å². The van der Waals surface area contributed by atoms with Gasteiger partial charge in [-0.25, -0.2) is 13.2 Å². The number of rotatable bonds is 2. The first-order chi connectivity index (χ1) is 11.0. The zero-order valence-electron chi connectivity index (χ0n) is 13.0. The Morgan fingerprint density at radius 2 is 2.00 bits per heavy atom. The van der Waals surface area contributed by atoms with Crippen LogP contribution in [0.4, 0.5) is 13.2 Å². The van der Waals surface area contributed by atoms with E-state index in [0.29, 0.717) is 24.1 Å². The van der Waals surface area contributed by atoms with E-state index in [2.05, 4.69) is 5.32 Å². The first-order valence-electron chi connectivity index (χ1n) is 8.13. The van der Waals surface area contributed by atoms with Gasteiger partial charge in [-0.3, -0.25) is 4.79 Å². The van der Waals surface area contributed by atoms with E-state index in [1.165, 1.54) is 17.0 Å². The van der Waals surface area contributed by atoms with Crippen molar-refractivity contribution < 1.29 is 18.0 Å². The van der Waals surface area contributed by atoms with Crippen LogP contribution in [-0.4, -0.2) is 42.9 Å². The van der Waals surface area contributed by atoms with Crippen LogP contribution in [0.2, 0.25) is 0 Å². The van der Waals surface area contributed by atoms with Crippen LogP contribution in [0.3, 0.4) is 0 Å². The lowest BCUT2D eigenvalue weighted by Gasteiger charge is -2.32. The van der Waals surface area contributed by atoms with E-state index in [9.17, 15) is 18.0 Å². The third kappa shape index (κ3) is 3.68. The lowest BCUT2D eigenvalue weighted by molar-refractivity contribution is -0.0560. The molecule has 0 radical (unpaired) electrons. The van der Waals surface area contributed by atoms with Gasteiger partial charge in [0.25, 0.3) is 11.8 Å². The van der Waals surface area contributed by atoms with E-state index in [-0.39, 0.29) is 18.2 Å². The minimum atomic E-state index is -2.83. The smallest absolute Gasteiger partial charge is 0.265 e. The van der Waals surface area contributed by atoms with E-state index in [0.717, 1.165) is 25.9 Å². The number of hydrogen-bond donors (Lipinski definition) is 1. The molecule has 1 aromatic rings. The Morgan fingerprint density at radius 3 is 2.70 bits per heavy atom. The lowest BCUT2D eigenvalue weighted by atomic mass is 9.88. The molecule has 0 aliphatic carbocycles. The first-order valence-corrected chi connectivity index (χ1v) is 8.13. The molecule has 1 amide bonds. The number of hydrogen-bond acceptors (Lipinski definition) is 2. The molecule has 2 saturated heterocycles. The van der Waals surface area contributed by atoms with Crippen LogP contribution in [0.1, 0.15) is 47.5 Å². The highest BCUT2D eigenvalue weighted by molar-refractivity contribution is 5.94. The van der Waals surface area contributed by atoms with Gasteiger partial charge in [0.05, 0.1) is 6.54 Å². The molecule has 3 rings (SSSR count). The molecule has 0 atom stereocenters. The molecule has 2 aliphatic rings. The van der Waals surface area contributed by atoms with Crippen LogP contribution in [0.15, 0.2) is 18.2 Å². The van der Waals surface area contributed by atoms with Gasteiger partial charge in [-0.15, -0.1) is 0 Å². The van der Waals surface area contributed by atoms with Crippen molar-refractivity contribution in [2.75, 3.05) is 26.2 Å². The average molecular weight is 326 g/mol. The maximum absolute atomic E-state index is 14.1. The molecule has 0 bridgehead atoms. The van der Waals surface area contributed by atoms with Gasteiger partial charge in [0.15, 0.2) is 0 Å². The summed E-state index contributed by atoms with van der Waals surface area (Å²) in [5, 5.41) is 3.22. The predicted octanol–water partition coefficient (Wildman–Crippen LogP) is 3.16. The van der Waals surface area contributed by atoms with E-state index in [4.69, 9.17) is 0 Å². The Hall–Kier alpha value is -1.56. The Bertz CT molecular complexity index is 585. The van der Waals surface area contributed by atoms with Gasteiger partial charge in [-0.05, 0) is 62.0 Å². The van der Waals surface area contributed by atoms with Gasteiger partial charge >= 0.3 is 0 Å². The summed E-state index contributed by atoms with van der Waals surface area (Å²) in [6, 6.07) is 4.24. The fourth-order valence-electron chi connectivity index (χ4n) is 3.44. The molecule has 2 aliphatic heterocycles. The molecular weight excluding hydrogens is 305 g/mol. The quantitative estimate of drug-likeness (QED) is 0.905. The minimum Gasteiger partial charge on any atom is -0.333 e. The van der Waals surface area contributed by atoms with E-state index >= 15 is 0 Å². The Labute approximate surface area is 133 Å². The van der Waals surface area contributed by atoms with Crippen molar-refractivity contribution in [3.63, 3.8) is 0 Å². The van der Waals surface area contributed by atoms with Crippen molar-refractivity contribution in [2.45, 2.75) is 37.5 Å². The van der Waals surface area contributed by atoms with Gasteiger partial charge in [-0.1, -0.05) is 0 Å². The molecule has 0 unspecified atom stereocenters. The highest BCUT2D eigenvalue weighted by Crippen LogP contribution is 2.30. The van der Waals surface area contributed by atoms with Crippen molar-refractivity contribution in [2.24, 2.45) is 0 Å². The van der Waals surface area contributed by atoms with Crippen molar-refractivity contribution >= 4 is 5.91 Å². The second-order valence-corrected chi connectivity index (χ2v) is 6.45. The third-order valence-electron chi connectivity index (χ3n) is 4.70. The number of alkyl halides is 2. The van der Waals surface area contributed by atoms with Crippen LogP contribution < -0.4 is 5.32 Å². The number of piperidine rings is 2. The number of likely N-dealkylation sites (tertiary alicyclic amines) is 1. The SMILES string of the molecule is O=C(c1ccc(F)c(C2CCNCC2)c1)N1CCCC(F)(F)C1. The number of carbonyl (C=O) groups is 1. The highest BCUT2D eigenvalue weighted by atomic mass is 19.3. The fraction of sp³-hybridized carbons (Fsp3) is 0.588. The average Bonchev–Trinajstić information content (AvgIpc) is 2.54. The molecule has 2 fully saturated rings. The summed E-state index contributed by atoms with van der Waals surface area (Å²) >= 11 is 0. The van der Waals surface area contributed by atoms with E-state index < -0.39 is 18.4 Å². The Morgan fingerprint density at radius 1 is 1.26 bits per heavy atom. The topological polar surface area (TPSA) is 32.3 Å². The lowest BCUT2D eigenvalue weighted by Crippen LogP contribution is -2.45. The molecule has 3 nitrogen and oxygen atoms in total. The molecule has 1 aromatic carbocycles. The van der Waals surface area contributed by atoms with Gasteiger partial charge in [-0.2, -0.15) is 0 Å². The van der Waals surface area contributed by atoms with Crippen LogP contribution >= 0.6 is 0 Å². The summed E-state index contributed by atoms with van der Waals surface area (Å²) in [6.07, 6.45) is 1.74. The van der Waals surface area contributed by atoms with Crippen LogP contribution in [0.5, 0.6) is 0 Å². The van der Waals surface area contributed by atoms with Gasteiger partial charge in [0.1, 0.15) is 5.82 Å². The fourth-order valence-corrected chi connectivity index (χ4v) is 3.44. The van der Waals surface area contributed by atoms with Crippen molar-refractivity contribution in [1.82, 2.24) is 10.2 Å². The zero-order chi connectivity index (χ0) is 16.4. The number of halogens is 3. The van der Waals surface area contributed by atoms with Gasteiger partial charge in [0.2, 0.25) is 0 Å². The van der Waals surface area contributed by atoms with Crippen LogP contribution in [0.25, 0.3) is 0 Å². The number of nitrogens with zero attached hydrogens (tertiary/aromatic N) is 1. The Balaban J connectivity index is 1.80. The summed E-state index contributed by atoms with van der Waals surface area (Å²) in [4.78, 5) is 13.7. The Kier molecular flexibility index (Phi) is 4.62. The van der Waals surface area contributed by atoms with Crippen molar-refractivity contribution in [1.29, 1.82) is 0 Å². The number of amides is 1. The summed E-state index contributed by atoms with van der Waals surface area (Å²) in [5.74, 6) is -3.50. The third-order valence-corrected chi connectivity index (χ3v) is 4.70. The van der Waals surface area contributed by atoms with Gasteiger partial charge in [0, 0.05) is 18.5 Å². The normalized spacial score (nSPS) is 22.1. The maximum Gasteiger partial charge on any atom is 0.265 e. The molecule has 23 heavy (non-hydrogen) atoms. The second kappa shape index (κ2) is 6.51. The van der Waals surface area contributed by atoms with Crippen LogP contribution in [0, 0.1) is 5.82 Å². The number of carbonyl (C=O) groups excluding carboxylic acids is 1.